The van der Waals surface area contributed by atoms with Gasteiger partial charge in [0, 0.05) is 18.3 Å². The molecular formula is C12H10BrClN4O. The molecule has 0 aliphatic carbocycles. The fourth-order valence-corrected chi connectivity index (χ4v) is 2.17. The topological polar surface area (TPSA) is 59.3 Å². The number of aryl methyl sites for hydroxylation is 1. The summed E-state index contributed by atoms with van der Waals surface area (Å²) in [4.78, 5) is 11.8. The number of hydrazone groups is 1. The average molecular weight is 342 g/mol. The molecule has 7 heteroatoms. The molecule has 2 rings (SSSR count). The molecule has 1 aromatic carbocycles. The Kier molecular flexibility index (Phi) is 4.34. The minimum absolute atomic E-state index is 0.283. The normalized spacial score (nSPS) is 10.9. The second-order valence-corrected chi connectivity index (χ2v) is 5.04. The molecule has 1 N–H and O–H groups in total. The Hall–Kier alpha value is -1.66. The van der Waals surface area contributed by atoms with Gasteiger partial charge in [0.25, 0.3) is 5.91 Å². The highest BCUT2D eigenvalue weighted by Crippen LogP contribution is 2.13. The Labute approximate surface area is 123 Å². The minimum atomic E-state index is -0.384. The van der Waals surface area contributed by atoms with Crippen LogP contribution in [0.3, 0.4) is 0 Å². The Morgan fingerprint density at radius 3 is 3.00 bits per heavy atom. The molecule has 19 heavy (non-hydrogen) atoms. The molecular weight excluding hydrogens is 332 g/mol. The standard InChI is InChI=1S/C12H10BrClN4O/c1-18-7-10(13)11(17-18)12(19)16-15-6-8-3-2-4-9(14)5-8/h2-7H,1H3,(H,16,19)/b15-6+. The van der Waals surface area contributed by atoms with Crippen LogP contribution in [0.2, 0.25) is 5.02 Å². The van der Waals surface area contributed by atoms with Crippen LogP contribution in [0.25, 0.3) is 0 Å². The summed E-state index contributed by atoms with van der Waals surface area (Å²) in [5.74, 6) is -0.384. The van der Waals surface area contributed by atoms with Crippen LogP contribution in [-0.4, -0.2) is 21.9 Å². The van der Waals surface area contributed by atoms with Crippen molar-refractivity contribution in [2.75, 3.05) is 0 Å². The molecule has 0 radical (unpaired) electrons. The Morgan fingerprint density at radius 1 is 1.58 bits per heavy atom. The van der Waals surface area contributed by atoms with Crippen LogP contribution >= 0.6 is 27.5 Å². The molecule has 0 bridgehead atoms. The van der Waals surface area contributed by atoms with Crippen molar-refractivity contribution in [3.05, 3.63) is 51.2 Å². The Balaban J connectivity index is 2.03. The fourth-order valence-electron chi connectivity index (χ4n) is 1.42. The molecule has 5 nitrogen and oxygen atoms in total. The van der Waals surface area contributed by atoms with Gasteiger partial charge in [0.15, 0.2) is 5.69 Å². The van der Waals surface area contributed by atoms with Crippen LogP contribution in [0.15, 0.2) is 40.0 Å². The molecule has 0 spiro atoms. The van der Waals surface area contributed by atoms with E-state index < -0.39 is 0 Å². The monoisotopic (exact) mass is 340 g/mol. The molecule has 1 heterocycles. The van der Waals surface area contributed by atoms with E-state index in [0.29, 0.717) is 9.50 Å². The molecule has 0 unspecified atom stereocenters. The average Bonchev–Trinajstić information content (AvgIpc) is 2.68. The van der Waals surface area contributed by atoms with Crippen LogP contribution < -0.4 is 5.43 Å². The van der Waals surface area contributed by atoms with E-state index in [9.17, 15) is 4.79 Å². The zero-order chi connectivity index (χ0) is 13.8. The number of amides is 1. The zero-order valence-electron chi connectivity index (χ0n) is 9.97. The van der Waals surface area contributed by atoms with Gasteiger partial charge in [-0.2, -0.15) is 10.2 Å². The largest absolute Gasteiger partial charge is 0.293 e. The summed E-state index contributed by atoms with van der Waals surface area (Å²) in [6.45, 7) is 0. The fraction of sp³-hybridized carbons (Fsp3) is 0.0833. The lowest BCUT2D eigenvalue weighted by molar-refractivity contribution is 0.0948. The second kappa shape index (κ2) is 5.99. The zero-order valence-corrected chi connectivity index (χ0v) is 12.3. The number of carbonyl (C=O) groups is 1. The first-order chi connectivity index (χ1) is 9.06. The molecule has 1 aromatic heterocycles. The number of nitrogens with one attached hydrogen (secondary N) is 1. The number of rotatable bonds is 3. The van der Waals surface area contributed by atoms with Gasteiger partial charge in [-0.3, -0.25) is 9.48 Å². The highest BCUT2D eigenvalue weighted by atomic mass is 79.9. The molecule has 98 valence electrons. The number of benzene rings is 1. The number of halogens is 2. The smallest absolute Gasteiger partial charge is 0.274 e. The summed E-state index contributed by atoms with van der Waals surface area (Å²) >= 11 is 9.09. The lowest BCUT2D eigenvalue weighted by atomic mass is 10.2. The number of nitrogens with zero attached hydrogens (tertiary/aromatic N) is 3. The van der Waals surface area contributed by atoms with Crippen LogP contribution in [0.1, 0.15) is 16.1 Å². The van der Waals surface area contributed by atoms with Gasteiger partial charge >= 0.3 is 0 Å². The maximum atomic E-state index is 11.8. The third kappa shape index (κ3) is 3.65. The lowest BCUT2D eigenvalue weighted by Crippen LogP contribution is -2.18. The molecule has 0 atom stereocenters. The molecule has 0 fully saturated rings. The highest BCUT2D eigenvalue weighted by molar-refractivity contribution is 9.10. The summed E-state index contributed by atoms with van der Waals surface area (Å²) in [7, 11) is 1.73. The molecule has 0 saturated heterocycles. The van der Waals surface area contributed by atoms with Gasteiger partial charge in [-0.05, 0) is 33.6 Å². The lowest BCUT2D eigenvalue weighted by Gasteiger charge is -1.97. The Morgan fingerprint density at radius 2 is 2.37 bits per heavy atom. The summed E-state index contributed by atoms with van der Waals surface area (Å²) in [5.41, 5.74) is 3.48. The maximum Gasteiger partial charge on any atom is 0.293 e. The van der Waals surface area contributed by atoms with E-state index >= 15 is 0 Å². The van der Waals surface area contributed by atoms with Crippen molar-refractivity contribution in [1.29, 1.82) is 0 Å². The van der Waals surface area contributed by atoms with Gasteiger partial charge in [0.2, 0.25) is 0 Å². The van der Waals surface area contributed by atoms with Crippen LogP contribution in [0.5, 0.6) is 0 Å². The van der Waals surface area contributed by atoms with Gasteiger partial charge in [0.1, 0.15) is 0 Å². The van der Waals surface area contributed by atoms with Crippen molar-refractivity contribution < 1.29 is 4.79 Å². The third-order valence-electron chi connectivity index (χ3n) is 2.23. The van der Waals surface area contributed by atoms with Crippen molar-refractivity contribution in [3.8, 4) is 0 Å². The van der Waals surface area contributed by atoms with Crippen LogP contribution in [0, 0.1) is 0 Å². The molecule has 2 aromatic rings. The van der Waals surface area contributed by atoms with Crippen molar-refractivity contribution in [1.82, 2.24) is 15.2 Å². The van der Waals surface area contributed by atoms with Gasteiger partial charge in [-0.1, -0.05) is 23.7 Å². The van der Waals surface area contributed by atoms with E-state index in [2.05, 4.69) is 31.6 Å². The molecule has 1 amide bonds. The summed E-state index contributed by atoms with van der Waals surface area (Å²) in [6, 6.07) is 7.15. The van der Waals surface area contributed by atoms with Gasteiger partial charge in [0.05, 0.1) is 10.7 Å². The van der Waals surface area contributed by atoms with Crippen molar-refractivity contribution in [2.45, 2.75) is 0 Å². The van der Waals surface area contributed by atoms with Crippen LogP contribution in [0.4, 0.5) is 0 Å². The number of carbonyl (C=O) groups excluding carboxylic acids is 1. The van der Waals surface area contributed by atoms with E-state index in [1.165, 1.54) is 6.21 Å². The minimum Gasteiger partial charge on any atom is -0.274 e. The van der Waals surface area contributed by atoms with Gasteiger partial charge < -0.3 is 0 Å². The van der Waals surface area contributed by atoms with Crippen molar-refractivity contribution in [2.24, 2.45) is 12.1 Å². The van der Waals surface area contributed by atoms with E-state index in [4.69, 9.17) is 11.6 Å². The van der Waals surface area contributed by atoms with Crippen LogP contribution in [-0.2, 0) is 7.05 Å². The molecule has 0 aliphatic rings. The SMILES string of the molecule is Cn1cc(Br)c(C(=O)N/N=C/c2cccc(Cl)c2)n1. The number of aromatic nitrogens is 2. The van der Waals surface area contributed by atoms with Crippen molar-refractivity contribution >= 4 is 39.7 Å². The predicted octanol–water partition coefficient (Wildman–Crippen LogP) is 2.60. The van der Waals surface area contributed by atoms with E-state index in [0.717, 1.165) is 5.56 Å². The quantitative estimate of drug-likeness (QED) is 0.689. The van der Waals surface area contributed by atoms with E-state index in [1.54, 1.807) is 36.1 Å². The third-order valence-corrected chi connectivity index (χ3v) is 3.04. The first-order valence-corrected chi connectivity index (χ1v) is 6.51. The highest BCUT2D eigenvalue weighted by Gasteiger charge is 2.13. The van der Waals surface area contributed by atoms with Gasteiger partial charge in [-0.15, -0.1) is 0 Å². The molecule has 0 aliphatic heterocycles. The Bertz CT molecular complexity index is 638. The first-order valence-electron chi connectivity index (χ1n) is 5.34. The first kappa shape index (κ1) is 13.8. The van der Waals surface area contributed by atoms with E-state index in [-0.39, 0.29) is 11.6 Å². The number of hydrogen-bond donors (Lipinski definition) is 1. The van der Waals surface area contributed by atoms with Crippen molar-refractivity contribution in [3.63, 3.8) is 0 Å². The molecule has 0 saturated carbocycles. The maximum absolute atomic E-state index is 11.8. The summed E-state index contributed by atoms with van der Waals surface area (Å²) < 4.78 is 2.16. The summed E-state index contributed by atoms with van der Waals surface area (Å²) in [5, 5.41) is 8.48. The second-order valence-electron chi connectivity index (χ2n) is 3.75. The van der Waals surface area contributed by atoms with E-state index in [1.807, 2.05) is 6.07 Å². The summed E-state index contributed by atoms with van der Waals surface area (Å²) in [6.07, 6.45) is 3.20. The number of hydrogen-bond acceptors (Lipinski definition) is 3. The van der Waals surface area contributed by atoms with Gasteiger partial charge in [-0.25, -0.2) is 5.43 Å². The predicted molar refractivity (Wildman–Crippen MR) is 77.4 cm³/mol.